The number of hydrogen-bond acceptors (Lipinski definition) is 3. The molecule has 1 aliphatic heterocycles. The minimum atomic E-state index is -0.887. The van der Waals surface area contributed by atoms with Gasteiger partial charge in [0.05, 0.1) is 11.6 Å². The predicted molar refractivity (Wildman–Crippen MR) is 89.1 cm³/mol. The van der Waals surface area contributed by atoms with Crippen molar-refractivity contribution in [1.29, 1.82) is 0 Å². The summed E-state index contributed by atoms with van der Waals surface area (Å²) in [6.07, 6.45) is 0.544. The van der Waals surface area contributed by atoms with Gasteiger partial charge in [0.25, 0.3) is 0 Å². The average molecular weight is 383 g/mol. The second-order valence-electron chi connectivity index (χ2n) is 5.70. The highest BCUT2D eigenvalue weighted by Gasteiger charge is 2.36. The summed E-state index contributed by atoms with van der Waals surface area (Å²) in [5, 5.41) is 11.5. The molecule has 23 heavy (non-hydrogen) atoms. The average Bonchev–Trinajstić information content (AvgIpc) is 2.87. The molecule has 2 atom stereocenters. The largest absolute Gasteiger partial charge is 0.481 e. The van der Waals surface area contributed by atoms with Gasteiger partial charge in [-0.15, -0.1) is 0 Å². The van der Waals surface area contributed by atoms with Crippen molar-refractivity contribution >= 4 is 39.4 Å². The predicted octanol–water partition coefficient (Wildman–Crippen LogP) is 2.17. The Morgan fingerprint density at radius 1 is 1.43 bits per heavy atom. The molecule has 2 unspecified atom stereocenters. The van der Waals surface area contributed by atoms with E-state index in [1.54, 1.807) is 11.8 Å². The maximum Gasteiger partial charge on any atom is 0.303 e. The maximum absolute atomic E-state index is 12.3. The number of nitrogens with one attached hydrogen (secondary N) is 1. The standard InChI is InChI=1S/C16H19BrN2O4/c1-10(6-7-15(21)22)18-16(23)11-8-14(20)19(9-11)13-5-3-2-4-12(13)17/h2-5,10-11H,6-9H2,1H3,(H,18,23)(H,21,22). The summed E-state index contributed by atoms with van der Waals surface area (Å²) >= 11 is 3.42. The van der Waals surface area contributed by atoms with Crippen molar-refractivity contribution in [3.05, 3.63) is 28.7 Å². The van der Waals surface area contributed by atoms with Gasteiger partial charge >= 0.3 is 5.97 Å². The van der Waals surface area contributed by atoms with Crippen LogP contribution in [0.3, 0.4) is 0 Å². The van der Waals surface area contributed by atoms with Gasteiger partial charge in [-0.3, -0.25) is 14.4 Å². The van der Waals surface area contributed by atoms with Gasteiger partial charge in [0, 0.05) is 29.9 Å². The lowest BCUT2D eigenvalue weighted by Gasteiger charge is -2.19. The molecule has 0 aliphatic carbocycles. The topological polar surface area (TPSA) is 86.7 Å². The van der Waals surface area contributed by atoms with E-state index in [4.69, 9.17) is 5.11 Å². The molecule has 1 heterocycles. The van der Waals surface area contributed by atoms with Crippen LogP contribution in [-0.4, -0.2) is 35.5 Å². The molecule has 6 nitrogen and oxygen atoms in total. The molecule has 2 amide bonds. The number of nitrogens with zero attached hydrogens (tertiary/aromatic N) is 1. The third-order valence-electron chi connectivity index (χ3n) is 3.82. The zero-order valence-corrected chi connectivity index (χ0v) is 14.4. The van der Waals surface area contributed by atoms with E-state index < -0.39 is 11.9 Å². The molecular weight excluding hydrogens is 364 g/mol. The number of amides is 2. The summed E-state index contributed by atoms with van der Waals surface area (Å²) in [5.41, 5.74) is 0.756. The van der Waals surface area contributed by atoms with Crippen molar-refractivity contribution < 1.29 is 19.5 Å². The highest BCUT2D eigenvalue weighted by molar-refractivity contribution is 9.10. The van der Waals surface area contributed by atoms with Crippen LogP contribution in [0.1, 0.15) is 26.2 Å². The number of carboxylic acids is 1. The highest BCUT2D eigenvalue weighted by atomic mass is 79.9. The van der Waals surface area contributed by atoms with Crippen LogP contribution in [0.15, 0.2) is 28.7 Å². The molecule has 0 bridgehead atoms. The van der Waals surface area contributed by atoms with E-state index in [9.17, 15) is 14.4 Å². The fourth-order valence-corrected chi connectivity index (χ4v) is 3.06. The highest BCUT2D eigenvalue weighted by Crippen LogP contribution is 2.31. The Morgan fingerprint density at radius 2 is 2.13 bits per heavy atom. The van der Waals surface area contributed by atoms with Crippen molar-refractivity contribution in [3.63, 3.8) is 0 Å². The van der Waals surface area contributed by atoms with Gasteiger partial charge in [-0.25, -0.2) is 0 Å². The Hall–Kier alpha value is -1.89. The number of carboxylic acid groups (broad SMARTS) is 1. The van der Waals surface area contributed by atoms with Crippen LogP contribution >= 0.6 is 15.9 Å². The van der Waals surface area contributed by atoms with Crippen molar-refractivity contribution in [1.82, 2.24) is 5.32 Å². The van der Waals surface area contributed by atoms with Crippen molar-refractivity contribution in [2.24, 2.45) is 5.92 Å². The molecule has 1 saturated heterocycles. The molecule has 0 radical (unpaired) electrons. The van der Waals surface area contributed by atoms with E-state index in [1.165, 1.54) is 0 Å². The first-order valence-corrected chi connectivity index (χ1v) is 8.25. The van der Waals surface area contributed by atoms with Crippen LogP contribution < -0.4 is 10.2 Å². The summed E-state index contributed by atoms with van der Waals surface area (Å²) in [5.74, 6) is -1.59. The molecule has 0 aromatic heterocycles. The monoisotopic (exact) mass is 382 g/mol. The first-order valence-electron chi connectivity index (χ1n) is 7.45. The smallest absolute Gasteiger partial charge is 0.303 e. The molecule has 7 heteroatoms. The van der Waals surface area contributed by atoms with Crippen molar-refractivity contribution in [2.45, 2.75) is 32.2 Å². The van der Waals surface area contributed by atoms with Crippen LogP contribution in [0, 0.1) is 5.92 Å². The molecule has 2 N–H and O–H groups in total. The summed E-state index contributed by atoms with van der Waals surface area (Å²) in [6, 6.07) is 7.16. The molecule has 2 rings (SSSR count). The number of hydrogen-bond donors (Lipinski definition) is 2. The summed E-state index contributed by atoms with van der Waals surface area (Å²) in [6.45, 7) is 2.10. The molecule has 1 aliphatic rings. The molecule has 1 aromatic carbocycles. The zero-order chi connectivity index (χ0) is 17.0. The number of anilines is 1. The van der Waals surface area contributed by atoms with Gasteiger partial charge < -0.3 is 15.3 Å². The maximum atomic E-state index is 12.3. The van der Waals surface area contributed by atoms with Crippen molar-refractivity contribution in [2.75, 3.05) is 11.4 Å². The minimum absolute atomic E-state index is 0.00807. The summed E-state index contributed by atoms with van der Waals surface area (Å²) in [4.78, 5) is 36.6. The molecule has 1 aromatic rings. The number of para-hydroxylation sites is 1. The molecule has 1 fully saturated rings. The molecule has 0 saturated carbocycles. The lowest BCUT2D eigenvalue weighted by atomic mass is 10.1. The van der Waals surface area contributed by atoms with E-state index >= 15 is 0 Å². The Bertz CT molecular complexity index is 620. The molecule has 0 spiro atoms. The quantitative estimate of drug-likeness (QED) is 0.789. The zero-order valence-electron chi connectivity index (χ0n) is 12.8. The third kappa shape index (κ3) is 4.54. The van der Waals surface area contributed by atoms with Crippen LogP contribution in [0.4, 0.5) is 5.69 Å². The van der Waals surface area contributed by atoms with Gasteiger partial charge in [0.1, 0.15) is 0 Å². The van der Waals surface area contributed by atoms with E-state index in [0.29, 0.717) is 13.0 Å². The number of carbonyl (C=O) groups excluding carboxylic acids is 2. The van der Waals surface area contributed by atoms with E-state index in [0.717, 1.165) is 10.2 Å². The first-order chi connectivity index (χ1) is 10.9. The van der Waals surface area contributed by atoms with E-state index in [1.807, 2.05) is 24.3 Å². The second-order valence-corrected chi connectivity index (χ2v) is 6.55. The van der Waals surface area contributed by atoms with Gasteiger partial charge in [-0.1, -0.05) is 12.1 Å². The van der Waals surface area contributed by atoms with Crippen LogP contribution in [0.25, 0.3) is 0 Å². The van der Waals surface area contributed by atoms with Gasteiger partial charge in [0.2, 0.25) is 11.8 Å². The van der Waals surface area contributed by atoms with Gasteiger partial charge in [-0.2, -0.15) is 0 Å². The number of rotatable bonds is 6. The minimum Gasteiger partial charge on any atom is -0.481 e. The van der Waals surface area contributed by atoms with Gasteiger partial charge in [0.15, 0.2) is 0 Å². The fraction of sp³-hybridized carbons (Fsp3) is 0.438. The normalized spacial score (nSPS) is 18.8. The Balaban J connectivity index is 1.95. The van der Waals surface area contributed by atoms with Crippen LogP contribution in [0.2, 0.25) is 0 Å². The van der Waals surface area contributed by atoms with Crippen LogP contribution in [0.5, 0.6) is 0 Å². The lowest BCUT2D eigenvalue weighted by molar-refractivity contribution is -0.137. The lowest BCUT2D eigenvalue weighted by Crippen LogP contribution is -2.38. The molecular formula is C16H19BrN2O4. The SMILES string of the molecule is CC(CCC(=O)O)NC(=O)C1CC(=O)N(c2ccccc2Br)C1. The summed E-state index contributed by atoms with van der Waals surface area (Å²) < 4.78 is 0.809. The summed E-state index contributed by atoms with van der Waals surface area (Å²) in [7, 11) is 0. The van der Waals surface area contributed by atoms with Gasteiger partial charge in [-0.05, 0) is 41.4 Å². The Labute approximate surface area is 143 Å². The second kappa shape index (κ2) is 7.59. The Kier molecular flexibility index (Phi) is 5.76. The van der Waals surface area contributed by atoms with Crippen LogP contribution in [-0.2, 0) is 14.4 Å². The first kappa shape index (κ1) is 17.5. The van der Waals surface area contributed by atoms with E-state index in [-0.39, 0.29) is 30.7 Å². The van der Waals surface area contributed by atoms with Crippen molar-refractivity contribution in [3.8, 4) is 0 Å². The Morgan fingerprint density at radius 3 is 2.78 bits per heavy atom. The molecule has 124 valence electrons. The number of halogens is 1. The fourth-order valence-electron chi connectivity index (χ4n) is 2.56. The number of aliphatic carboxylic acids is 1. The number of benzene rings is 1. The number of carbonyl (C=O) groups is 3. The van der Waals surface area contributed by atoms with E-state index in [2.05, 4.69) is 21.2 Å². The third-order valence-corrected chi connectivity index (χ3v) is 4.49.